The maximum atomic E-state index is 12.7. The molecule has 1 aromatic carbocycles. The molecule has 28 heavy (non-hydrogen) atoms. The van der Waals surface area contributed by atoms with E-state index in [4.69, 9.17) is 14.2 Å². The molecular weight excluding hydrogens is 454 g/mol. The third-order valence-corrected chi connectivity index (χ3v) is 6.92. The minimum Gasteiger partial charge on any atom is -0.486 e. The summed E-state index contributed by atoms with van der Waals surface area (Å²) in [5.41, 5.74) is 0.620. The van der Waals surface area contributed by atoms with Gasteiger partial charge in [0.25, 0.3) is 5.91 Å². The highest BCUT2D eigenvalue weighted by Gasteiger charge is 2.28. The van der Waals surface area contributed by atoms with Crippen LogP contribution in [0.4, 0.5) is 5.69 Å². The van der Waals surface area contributed by atoms with Gasteiger partial charge in [-0.2, -0.15) is 4.31 Å². The first-order valence-corrected chi connectivity index (χ1v) is 10.9. The van der Waals surface area contributed by atoms with E-state index in [1.165, 1.54) is 16.6 Å². The first-order chi connectivity index (χ1) is 13.4. The van der Waals surface area contributed by atoms with Gasteiger partial charge in [0.1, 0.15) is 23.8 Å². The lowest BCUT2D eigenvalue weighted by atomic mass is 10.2. The fraction of sp³-hybridized carbons (Fsp3) is 0.353. The predicted molar refractivity (Wildman–Crippen MR) is 103 cm³/mol. The summed E-state index contributed by atoms with van der Waals surface area (Å²) in [6, 6.07) is 4.70. The number of nitrogens with zero attached hydrogens (tertiary/aromatic N) is 1. The van der Waals surface area contributed by atoms with Gasteiger partial charge in [-0.3, -0.25) is 4.79 Å². The van der Waals surface area contributed by atoms with Crippen LogP contribution in [0.25, 0.3) is 0 Å². The number of sulfonamides is 1. The van der Waals surface area contributed by atoms with Crippen molar-refractivity contribution in [2.24, 2.45) is 0 Å². The average Bonchev–Trinajstić information content (AvgIpc) is 3.20. The Morgan fingerprint density at radius 1 is 1.07 bits per heavy atom. The summed E-state index contributed by atoms with van der Waals surface area (Å²) in [5.74, 6) is 0.655. The molecule has 0 radical (unpaired) electrons. The molecule has 4 rings (SSSR count). The standard InChI is InChI=1S/C17H18BrN3O6S/c18-12-8-15-16(27-6-5-26-15)9-13(12)20-17(22)14-7-11(10-19-14)28(23,24)21-1-3-25-4-2-21/h7-10,19H,1-6H2,(H,20,22). The summed E-state index contributed by atoms with van der Waals surface area (Å²) in [6.45, 7) is 2.19. The number of rotatable bonds is 4. The summed E-state index contributed by atoms with van der Waals surface area (Å²) >= 11 is 3.39. The molecule has 11 heteroatoms. The van der Waals surface area contributed by atoms with Crippen molar-refractivity contribution < 1.29 is 27.4 Å². The second kappa shape index (κ2) is 7.74. The molecule has 0 bridgehead atoms. The van der Waals surface area contributed by atoms with Crippen molar-refractivity contribution in [3.8, 4) is 11.5 Å². The Kier molecular flexibility index (Phi) is 5.32. The van der Waals surface area contributed by atoms with E-state index >= 15 is 0 Å². The van der Waals surface area contributed by atoms with E-state index in [9.17, 15) is 13.2 Å². The van der Waals surface area contributed by atoms with E-state index < -0.39 is 15.9 Å². The normalized spacial score (nSPS) is 17.3. The summed E-state index contributed by atoms with van der Waals surface area (Å²) < 4.78 is 43.5. The number of morpholine rings is 1. The van der Waals surface area contributed by atoms with Gasteiger partial charge in [0.05, 0.1) is 18.9 Å². The zero-order valence-electron chi connectivity index (χ0n) is 14.7. The molecular formula is C17H18BrN3O6S. The van der Waals surface area contributed by atoms with E-state index in [0.29, 0.717) is 61.2 Å². The molecule has 1 amide bonds. The maximum Gasteiger partial charge on any atom is 0.272 e. The molecule has 1 saturated heterocycles. The number of hydrogen-bond acceptors (Lipinski definition) is 6. The van der Waals surface area contributed by atoms with Gasteiger partial charge in [-0.1, -0.05) is 0 Å². The number of amides is 1. The van der Waals surface area contributed by atoms with Crippen LogP contribution < -0.4 is 14.8 Å². The molecule has 3 heterocycles. The van der Waals surface area contributed by atoms with Gasteiger partial charge in [0.15, 0.2) is 11.5 Å². The van der Waals surface area contributed by atoms with Gasteiger partial charge in [0, 0.05) is 35.9 Å². The van der Waals surface area contributed by atoms with Crippen LogP contribution in [0.2, 0.25) is 0 Å². The number of nitrogens with one attached hydrogen (secondary N) is 2. The number of hydrogen-bond donors (Lipinski definition) is 2. The minimum absolute atomic E-state index is 0.0424. The molecule has 0 spiro atoms. The number of carbonyl (C=O) groups is 1. The lowest BCUT2D eigenvalue weighted by Crippen LogP contribution is -2.40. The van der Waals surface area contributed by atoms with Crippen molar-refractivity contribution in [2.45, 2.75) is 4.90 Å². The monoisotopic (exact) mass is 471 g/mol. The number of fused-ring (bicyclic) bond motifs is 1. The Balaban J connectivity index is 1.52. The van der Waals surface area contributed by atoms with Crippen molar-refractivity contribution in [3.63, 3.8) is 0 Å². The molecule has 2 aliphatic heterocycles. The predicted octanol–water partition coefficient (Wildman–Crippen LogP) is 1.82. The summed E-state index contributed by atoms with van der Waals surface area (Å²) in [5, 5.41) is 2.74. The van der Waals surface area contributed by atoms with Gasteiger partial charge in [-0.25, -0.2) is 8.42 Å². The first kappa shape index (κ1) is 19.2. The van der Waals surface area contributed by atoms with Crippen LogP contribution in [-0.4, -0.2) is 63.1 Å². The van der Waals surface area contributed by atoms with E-state index in [2.05, 4.69) is 26.2 Å². The van der Waals surface area contributed by atoms with Gasteiger partial charge < -0.3 is 24.5 Å². The van der Waals surface area contributed by atoms with Crippen molar-refractivity contribution in [3.05, 3.63) is 34.6 Å². The van der Waals surface area contributed by atoms with Crippen molar-refractivity contribution in [1.29, 1.82) is 0 Å². The number of H-pyrrole nitrogens is 1. The Labute approximate surface area is 170 Å². The Morgan fingerprint density at radius 3 is 2.46 bits per heavy atom. The lowest BCUT2D eigenvalue weighted by molar-refractivity contribution is 0.0730. The highest BCUT2D eigenvalue weighted by molar-refractivity contribution is 9.10. The SMILES string of the molecule is O=C(Nc1cc2c(cc1Br)OCCO2)c1cc(S(=O)(=O)N2CCOCC2)c[nH]1. The smallest absolute Gasteiger partial charge is 0.272 e. The van der Waals surface area contributed by atoms with Crippen LogP contribution in [0.1, 0.15) is 10.5 Å². The molecule has 2 N–H and O–H groups in total. The number of ether oxygens (including phenoxy) is 3. The third kappa shape index (κ3) is 3.75. The summed E-state index contributed by atoms with van der Waals surface area (Å²) in [6.07, 6.45) is 1.32. The highest BCUT2D eigenvalue weighted by atomic mass is 79.9. The fourth-order valence-corrected chi connectivity index (χ4v) is 4.76. The summed E-state index contributed by atoms with van der Waals surface area (Å²) in [4.78, 5) is 15.4. The molecule has 0 saturated carbocycles. The molecule has 0 unspecified atom stereocenters. The molecule has 150 valence electrons. The maximum absolute atomic E-state index is 12.7. The van der Waals surface area contributed by atoms with Gasteiger partial charge in [-0.15, -0.1) is 0 Å². The largest absolute Gasteiger partial charge is 0.486 e. The van der Waals surface area contributed by atoms with Gasteiger partial charge in [-0.05, 0) is 22.0 Å². The lowest BCUT2D eigenvalue weighted by Gasteiger charge is -2.25. The zero-order valence-corrected chi connectivity index (χ0v) is 17.1. The number of benzene rings is 1. The van der Waals surface area contributed by atoms with E-state index in [-0.39, 0.29) is 10.6 Å². The van der Waals surface area contributed by atoms with Crippen molar-refractivity contribution in [1.82, 2.24) is 9.29 Å². The third-order valence-electron chi connectivity index (χ3n) is 4.39. The minimum atomic E-state index is -3.67. The number of carbonyl (C=O) groups excluding carboxylic acids is 1. The second-order valence-electron chi connectivity index (χ2n) is 6.20. The van der Waals surface area contributed by atoms with Crippen LogP contribution >= 0.6 is 15.9 Å². The van der Waals surface area contributed by atoms with E-state index in [1.807, 2.05) is 0 Å². The second-order valence-corrected chi connectivity index (χ2v) is 8.99. The highest BCUT2D eigenvalue weighted by Crippen LogP contribution is 2.38. The Hall–Kier alpha value is -2.08. The first-order valence-electron chi connectivity index (χ1n) is 8.62. The van der Waals surface area contributed by atoms with Gasteiger partial charge >= 0.3 is 0 Å². The van der Waals surface area contributed by atoms with Gasteiger partial charge in [0.2, 0.25) is 10.0 Å². The van der Waals surface area contributed by atoms with Crippen LogP contribution in [0, 0.1) is 0 Å². The Morgan fingerprint density at radius 2 is 1.75 bits per heavy atom. The molecule has 2 aromatic rings. The molecule has 0 aliphatic carbocycles. The Bertz CT molecular complexity index is 1000. The number of aromatic nitrogens is 1. The van der Waals surface area contributed by atoms with Crippen LogP contribution in [-0.2, 0) is 14.8 Å². The van der Waals surface area contributed by atoms with Crippen molar-refractivity contribution in [2.75, 3.05) is 44.8 Å². The summed E-state index contributed by atoms with van der Waals surface area (Å²) in [7, 11) is -3.67. The topological polar surface area (TPSA) is 110 Å². The molecule has 0 atom stereocenters. The molecule has 1 fully saturated rings. The number of halogens is 1. The quantitative estimate of drug-likeness (QED) is 0.703. The van der Waals surface area contributed by atoms with E-state index in [1.54, 1.807) is 12.1 Å². The number of anilines is 1. The average molecular weight is 472 g/mol. The fourth-order valence-electron chi connectivity index (χ4n) is 2.94. The van der Waals surface area contributed by atoms with Crippen molar-refractivity contribution >= 4 is 37.5 Å². The van der Waals surface area contributed by atoms with Crippen LogP contribution in [0.5, 0.6) is 11.5 Å². The molecule has 2 aliphatic rings. The van der Waals surface area contributed by atoms with Crippen LogP contribution in [0.3, 0.4) is 0 Å². The zero-order chi connectivity index (χ0) is 19.7. The van der Waals surface area contributed by atoms with E-state index in [0.717, 1.165) is 0 Å². The van der Waals surface area contributed by atoms with Crippen LogP contribution in [0.15, 0.2) is 33.8 Å². The number of aromatic amines is 1. The molecule has 9 nitrogen and oxygen atoms in total. The molecule has 1 aromatic heterocycles.